The summed E-state index contributed by atoms with van der Waals surface area (Å²) in [5.74, 6) is 0. The van der Waals surface area contributed by atoms with E-state index in [1.54, 1.807) is 12.1 Å². The highest BCUT2D eigenvalue weighted by atomic mass is 32.2. The molecule has 0 radical (unpaired) electrons. The largest absolute Gasteiger partial charge is 0.290 e. The molecule has 0 N–H and O–H groups in total. The molecule has 2 aromatic carbocycles. The molecular weight excluding hydrogens is 352 g/mol. The Morgan fingerprint density at radius 3 is 2.56 bits per heavy atom. The molecule has 128 valence electrons. The third-order valence-corrected chi connectivity index (χ3v) is 6.41. The number of nitrogens with zero attached hydrogens (tertiary/aromatic N) is 2. The maximum atomic E-state index is 11.7. The molecule has 0 fully saturated rings. The van der Waals surface area contributed by atoms with Crippen LogP contribution in [0.25, 0.3) is 26.4 Å². The molecule has 0 spiro atoms. The summed E-state index contributed by atoms with van der Waals surface area (Å²) in [5, 5.41) is 0. The first-order chi connectivity index (χ1) is 12.0. The third-order valence-electron chi connectivity index (χ3n) is 4.28. The minimum absolute atomic E-state index is 0.344. The van der Waals surface area contributed by atoms with Gasteiger partial charge in [-0.1, -0.05) is 48.9 Å². The van der Waals surface area contributed by atoms with Gasteiger partial charge in [-0.3, -0.25) is 4.40 Å². The van der Waals surface area contributed by atoms with Crippen LogP contribution in [0.15, 0.2) is 53.6 Å². The second-order valence-electron chi connectivity index (χ2n) is 6.23. The molecular formula is C19H18N2O2S2. The van der Waals surface area contributed by atoms with E-state index >= 15 is 0 Å². The van der Waals surface area contributed by atoms with E-state index in [4.69, 9.17) is 4.98 Å². The monoisotopic (exact) mass is 370 g/mol. The summed E-state index contributed by atoms with van der Waals surface area (Å²) in [6.07, 6.45) is 5.48. The van der Waals surface area contributed by atoms with Crippen LogP contribution in [0.2, 0.25) is 0 Å². The quantitative estimate of drug-likeness (QED) is 0.529. The van der Waals surface area contributed by atoms with Crippen LogP contribution in [-0.4, -0.2) is 24.1 Å². The summed E-state index contributed by atoms with van der Waals surface area (Å²) >= 11 is 1.51. The van der Waals surface area contributed by atoms with Crippen molar-refractivity contribution >= 4 is 36.4 Å². The van der Waals surface area contributed by atoms with Crippen molar-refractivity contribution < 1.29 is 8.42 Å². The molecule has 0 aliphatic carbocycles. The lowest BCUT2D eigenvalue weighted by atomic mass is 10.1. The van der Waals surface area contributed by atoms with Crippen molar-refractivity contribution in [3.05, 3.63) is 54.2 Å². The van der Waals surface area contributed by atoms with Gasteiger partial charge in [0.05, 0.1) is 20.8 Å². The molecule has 0 saturated heterocycles. The highest BCUT2D eigenvalue weighted by molar-refractivity contribution is 7.90. The fraction of sp³-hybridized carbons (Fsp3) is 0.211. The van der Waals surface area contributed by atoms with E-state index in [0.717, 1.165) is 39.3 Å². The fourth-order valence-corrected chi connectivity index (χ4v) is 4.75. The van der Waals surface area contributed by atoms with Crippen LogP contribution in [0.3, 0.4) is 0 Å². The predicted octanol–water partition coefficient (Wildman–Crippen LogP) is 4.57. The molecule has 0 bridgehead atoms. The highest BCUT2D eigenvalue weighted by Gasteiger charge is 2.13. The number of fused-ring (bicyclic) bond motifs is 3. The molecule has 2 heterocycles. The molecule has 0 aliphatic heterocycles. The third kappa shape index (κ3) is 2.96. The zero-order valence-corrected chi connectivity index (χ0v) is 15.7. The van der Waals surface area contributed by atoms with E-state index in [-0.39, 0.29) is 0 Å². The van der Waals surface area contributed by atoms with Crippen LogP contribution in [0.5, 0.6) is 0 Å². The topological polar surface area (TPSA) is 51.4 Å². The Hall–Kier alpha value is -2.18. The van der Waals surface area contributed by atoms with Crippen LogP contribution >= 0.6 is 11.3 Å². The Kier molecular flexibility index (Phi) is 3.89. The van der Waals surface area contributed by atoms with Gasteiger partial charge in [-0.2, -0.15) is 0 Å². The van der Waals surface area contributed by atoms with Crippen LogP contribution in [-0.2, 0) is 16.3 Å². The molecule has 4 rings (SSSR count). The minimum Gasteiger partial charge on any atom is -0.290 e. The van der Waals surface area contributed by atoms with Crippen molar-refractivity contribution in [2.75, 3.05) is 6.26 Å². The van der Waals surface area contributed by atoms with Crippen molar-refractivity contribution in [2.45, 2.75) is 24.7 Å². The zero-order chi connectivity index (χ0) is 17.6. The van der Waals surface area contributed by atoms with Crippen LogP contribution in [0, 0.1) is 0 Å². The van der Waals surface area contributed by atoms with Gasteiger partial charge in [0.15, 0.2) is 14.8 Å². The summed E-state index contributed by atoms with van der Waals surface area (Å²) in [6, 6.07) is 13.8. The molecule has 4 aromatic rings. The molecule has 4 nitrogen and oxygen atoms in total. The molecule has 25 heavy (non-hydrogen) atoms. The van der Waals surface area contributed by atoms with Gasteiger partial charge in [0, 0.05) is 18.0 Å². The first-order valence-corrected chi connectivity index (χ1v) is 10.9. The summed E-state index contributed by atoms with van der Waals surface area (Å²) in [7, 11) is -3.20. The Morgan fingerprint density at radius 1 is 1.12 bits per heavy atom. The molecule has 6 heteroatoms. The number of hydrogen-bond donors (Lipinski definition) is 0. The van der Waals surface area contributed by atoms with Crippen LogP contribution in [0.4, 0.5) is 0 Å². The molecule has 0 unspecified atom stereocenters. The summed E-state index contributed by atoms with van der Waals surface area (Å²) < 4.78 is 26.4. The van der Waals surface area contributed by atoms with E-state index in [0.29, 0.717) is 4.90 Å². The second-order valence-corrected chi connectivity index (χ2v) is 9.25. The first kappa shape index (κ1) is 16.3. The number of aryl methyl sites for hydroxylation is 1. The Morgan fingerprint density at radius 2 is 1.88 bits per heavy atom. The Labute approximate surface area is 150 Å². The number of rotatable bonds is 4. The summed E-state index contributed by atoms with van der Waals surface area (Å²) in [5.41, 5.74) is 4.35. The standard InChI is InChI=1S/C19H18N2O2S2/c1-3-4-13-5-7-14(8-6-13)16-12-21-17-10-9-15(25(2,22)23)11-18(17)24-19(21)20-16/h5-12H,3-4H2,1-2H3. The van der Waals surface area contributed by atoms with Gasteiger partial charge in [0.1, 0.15) is 0 Å². The smallest absolute Gasteiger partial charge is 0.195 e. The average Bonchev–Trinajstić information content (AvgIpc) is 3.12. The van der Waals surface area contributed by atoms with E-state index in [9.17, 15) is 8.42 Å². The van der Waals surface area contributed by atoms with E-state index < -0.39 is 9.84 Å². The van der Waals surface area contributed by atoms with E-state index in [1.165, 1.54) is 23.2 Å². The van der Waals surface area contributed by atoms with E-state index in [1.807, 2.05) is 16.7 Å². The van der Waals surface area contributed by atoms with Crippen LogP contribution < -0.4 is 0 Å². The lowest BCUT2D eigenvalue weighted by Crippen LogP contribution is -1.96. The predicted molar refractivity (Wildman–Crippen MR) is 103 cm³/mol. The van der Waals surface area contributed by atoms with Crippen molar-refractivity contribution in [3.63, 3.8) is 0 Å². The second kappa shape index (κ2) is 5.97. The molecule has 0 aliphatic rings. The van der Waals surface area contributed by atoms with Crippen LogP contribution in [0.1, 0.15) is 18.9 Å². The van der Waals surface area contributed by atoms with Crippen molar-refractivity contribution in [1.82, 2.24) is 9.38 Å². The van der Waals surface area contributed by atoms with Gasteiger partial charge in [-0.15, -0.1) is 0 Å². The van der Waals surface area contributed by atoms with Crippen molar-refractivity contribution in [3.8, 4) is 11.3 Å². The maximum Gasteiger partial charge on any atom is 0.195 e. The Balaban J connectivity index is 1.78. The lowest BCUT2D eigenvalue weighted by molar-refractivity contribution is 0.602. The van der Waals surface area contributed by atoms with Crippen molar-refractivity contribution in [2.24, 2.45) is 0 Å². The molecule has 0 saturated carbocycles. The number of thiazole rings is 1. The molecule has 0 atom stereocenters. The van der Waals surface area contributed by atoms with E-state index in [2.05, 4.69) is 31.2 Å². The van der Waals surface area contributed by atoms with Gasteiger partial charge in [0.25, 0.3) is 0 Å². The van der Waals surface area contributed by atoms with Gasteiger partial charge in [-0.25, -0.2) is 13.4 Å². The SMILES string of the molecule is CCCc1ccc(-c2cn3c(n2)sc2cc(S(C)(=O)=O)ccc23)cc1. The van der Waals surface area contributed by atoms with Gasteiger partial charge >= 0.3 is 0 Å². The van der Waals surface area contributed by atoms with Gasteiger partial charge in [-0.05, 0) is 30.2 Å². The summed E-state index contributed by atoms with van der Waals surface area (Å²) in [4.78, 5) is 5.93. The number of benzene rings is 2. The van der Waals surface area contributed by atoms with Gasteiger partial charge < -0.3 is 0 Å². The first-order valence-electron chi connectivity index (χ1n) is 8.17. The normalized spacial score (nSPS) is 12.2. The number of aromatic nitrogens is 2. The van der Waals surface area contributed by atoms with Gasteiger partial charge in [0.2, 0.25) is 0 Å². The maximum absolute atomic E-state index is 11.7. The zero-order valence-electron chi connectivity index (χ0n) is 14.1. The highest BCUT2D eigenvalue weighted by Crippen LogP contribution is 2.31. The average molecular weight is 370 g/mol. The lowest BCUT2D eigenvalue weighted by Gasteiger charge is -2.00. The minimum atomic E-state index is -3.20. The molecule has 0 amide bonds. The summed E-state index contributed by atoms with van der Waals surface area (Å²) in [6.45, 7) is 2.18. The molecule has 2 aromatic heterocycles. The number of hydrogen-bond acceptors (Lipinski definition) is 4. The number of sulfone groups is 1. The Bertz CT molecular complexity index is 1170. The number of imidazole rings is 1. The van der Waals surface area contributed by atoms with Crippen molar-refractivity contribution in [1.29, 1.82) is 0 Å². The fourth-order valence-electron chi connectivity index (χ4n) is 2.98.